The lowest BCUT2D eigenvalue weighted by Gasteiger charge is -2.12. The van der Waals surface area contributed by atoms with Crippen molar-refractivity contribution in [3.63, 3.8) is 0 Å². The van der Waals surface area contributed by atoms with E-state index in [2.05, 4.69) is 11.9 Å². The number of benzene rings is 1. The lowest BCUT2D eigenvalue weighted by molar-refractivity contribution is 0.0936. The molecule has 0 saturated heterocycles. The highest BCUT2D eigenvalue weighted by Crippen LogP contribution is 2.25. The Morgan fingerprint density at radius 1 is 1.33 bits per heavy atom. The zero-order valence-corrected chi connectivity index (χ0v) is 16.9. The Morgan fingerprint density at radius 2 is 2.07 bits per heavy atom. The predicted octanol–water partition coefficient (Wildman–Crippen LogP) is 2.23. The second kappa shape index (κ2) is 9.16. The predicted molar refractivity (Wildman–Crippen MR) is 106 cm³/mol. The summed E-state index contributed by atoms with van der Waals surface area (Å²) in [6.07, 6.45) is 2.43. The van der Waals surface area contributed by atoms with E-state index < -0.39 is 10.0 Å². The standard InChI is InChI=1S/C19H27N3O4S/c1-5-11-22-17-9-8-16(27(24,25)21(3)4)13-15(17)14-18(22)19(23)20-10-7-12-26-6-2/h5,8-9,13-14H,1,6-7,10-12H2,2-4H3,(H,20,23). The first-order valence-corrected chi connectivity index (χ1v) is 10.3. The van der Waals surface area contributed by atoms with Gasteiger partial charge < -0.3 is 14.6 Å². The quantitative estimate of drug-likeness (QED) is 0.496. The van der Waals surface area contributed by atoms with Gasteiger partial charge >= 0.3 is 0 Å². The van der Waals surface area contributed by atoms with Gasteiger partial charge in [0, 0.05) is 51.3 Å². The summed E-state index contributed by atoms with van der Waals surface area (Å²) in [5.41, 5.74) is 1.26. The van der Waals surface area contributed by atoms with Gasteiger partial charge in [0.2, 0.25) is 10.0 Å². The molecule has 0 fully saturated rings. The van der Waals surface area contributed by atoms with Crippen LogP contribution in [0.4, 0.5) is 0 Å². The smallest absolute Gasteiger partial charge is 0.267 e. The number of ether oxygens (including phenoxy) is 1. The average Bonchev–Trinajstić information content (AvgIpc) is 2.99. The highest BCUT2D eigenvalue weighted by Gasteiger charge is 2.20. The maximum atomic E-state index is 12.6. The molecule has 1 aromatic carbocycles. The number of aromatic nitrogens is 1. The average molecular weight is 394 g/mol. The normalized spacial score (nSPS) is 11.9. The van der Waals surface area contributed by atoms with Gasteiger partial charge in [-0.25, -0.2) is 12.7 Å². The third kappa shape index (κ3) is 4.77. The number of hydrogen-bond donors (Lipinski definition) is 1. The molecule has 2 aromatic rings. The Morgan fingerprint density at radius 3 is 2.70 bits per heavy atom. The summed E-state index contributed by atoms with van der Waals surface area (Å²) in [5.74, 6) is -0.207. The molecule has 27 heavy (non-hydrogen) atoms. The van der Waals surface area contributed by atoms with Crippen LogP contribution < -0.4 is 5.32 Å². The molecule has 0 saturated carbocycles. The van der Waals surface area contributed by atoms with Crippen molar-refractivity contribution >= 4 is 26.8 Å². The second-order valence-electron chi connectivity index (χ2n) is 6.24. The minimum Gasteiger partial charge on any atom is -0.382 e. The van der Waals surface area contributed by atoms with Gasteiger partial charge in [0.25, 0.3) is 5.91 Å². The molecule has 1 aromatic heterocycles. The zero-order chi connectivity index (χ0) is 20.0. The molecule has 0 atom stereocenters. The first kappa shape index (κ1) is 21.1. The lowest BCUT2D eigenvalue weighted by Crippen LogP contribution is -2.27. The molecule has 0 aliphatic heterocycles. The number of nitrogens with zero attached hydrogens (tertiary/aromatic N) is 2. The molecule has 0 unspecified atom stereocenters. The van der Waals surface area contributed by atoms with Crippen LogP contribution in [0.15, 0.2) is 41.8 Å². The molecule has 1 heterocycles. The van der Waals surface area contributed by atoms with Crippen LogP contribution in [-0.2, 0) is 21.3 Å². The summed E-state index contributed by atoms with van der Waals surface area (Å²) in [6, 6.07) is 6.59. The Labute approximate surface area is 160 Å². The number of hydrogen-bond acceptors (Lipinski definition) is 4. The first-order chi connectivity index (χ1) is 12.8. The third-order valence-corrected chi connectivity index (χ3v) is 5.96. The van der Waals surface area contributed by atoms with Gasteiger partial charge in [-0.2, -0.15) is 0 Å². The van der Waals surface area contributed by atoms with E-state index in [1.54, 1.807) is 30.3 Å². The SMILES string of the molecule is C=CCn1c(C(=O)NCCCOCC)cc2cc(S(=O)(=O)N(C)C)ccc21. The molecular weight excluding hydrogens is 366 g/mol. The molecule has 1 N–H and O–H groups in total. The highest BCUT2D eigenvalue weighted by atomic mass is 32.2. The molecule has 0 aliphatic carbocycles. The molecule has 1 amide bonds. The van der Waals surface area contributed by atoms with E-state index in [4.69, 9.17) is 4.74 Å². The number of sulfonamides is 1. The van der Waals surface area contributed by atoms with Crippen molar-refractivity contribution < 1.29 is 17.9 Å². The van der Waals surface area contributed by atoms with Crippen molar-refractivity contribution in [2.75, 3.05) is 33.9 Å². The minimum absolute atomic E-state index is 0.194. The van der Waals surface area contributed by atoms with Gasteiger partial charge in [0.05, 0.1) is 4.90 Å². The largest absolute Gasteiger partial charge is 0.382 e. The molecule has 0 bridgehead atoms. The van der Waals surface area contributed by atoms with E-state index >= 15 is 0 Å². The molecule has 2 rings (SSSR count). The summed E-state index contributed by atoms with van der Waals surface area (Å²) >= 11 is 0. The summed E-state index contributed by atoms with van der Waals surface area (Å²) in [6.45, 7) is 7.88. The topological polar surface area (TPSA) is 80.6 Å². The fraction of sp³-hybridized carbons (Fsp3) is 0.421. The van der Waals surface area contributed by atoms with Crippen LogP contribution in [0.2, 0.25) is 0 Å². The van der Waals surface area contributed by atoms with E-state index in [9.17, 15) is 13.2 Å². The number of rotatable bonds is 10. The Hall–Kier alpha value is -2.16. The van der Waals surface area contributed by atoms with E-state index in [1.165, 1.54) is 18.4 Å². The van der Waals surface area contributed by atoms with Gasteiger partial charge in [-0.3, -0.25) is 4.79 Å². The van der Waals surface area contributed by atoms with Crippen LogP contribution in [-0.4, -0.2) is 57.1 Å². The van der Waals surface area contributed by atoms with Gasteiger partial charge in [0.1, 0.15) is 5.69 Å². The van der Waals surface area contributed by atoms with E-state index in [1.807, 2.05) is 11.5 Å². The second-order valence-corrected chi connectivity index (χ2v) is 8.40. The van der Waals surface area contributed by atoms with Crippen molar-refractivity contribution in [2.45, 2.75) is 24.8 Å². The Kier molecular flexibility index (Phi) is 7.18. The molecular formula is C19H27N3O4S. The summed E-state index contributed by atoms with van der Waals surface area (Å²) in [7, 11) is -0.559. The summed E-state index contributed by atoms with van der Waals surface area (Å²) in [4.78, 5) is 12.8. The van der Waals surface area contributed by atoms with Crippen LogP contribution in [0.5, 0.6) is 0 Å². The molecule has 0 aliphatic rings. The Bertz CT molecular complexity index is 916. The van der Waals surface area contributed by atoms with Crippen molar-refractivity contribution in [3.05, 3.63) is 42.6 Å². The maximum Gasteiger partial charge on any atom is 0.267 e. The lowest BCUT2D eigenvalue weighted by atomic mass is 10.2. The molecule has 7 nitrogen and oxygen atoms in total. The van der Waals surface area contributed by atoms with Crippen LogP contribution in [0.1, 0.15) is 23.8 Å². The number of amides is 1. The van der Waals surface area contributed by atoms with Gasteiger partial charge in [-0.1, -0.05) is 6.08 Å². The monoisotopic (exact) mass is 393 g/mol. The fourth-order valence-corrected chi connectivity index (χ4v) is 3.68. The number of carbonyl (C=O) groups excluding carboxylic acids is 1. The summed E-state index contributed by atoms with van der Waals surface area (Å²) in [5, 5.41) is 3.57. The summed E-state index contributed by atoms with van der Waals surface area (Å²) < 4.78 is 33.0. The number of nitrogens with one attached hydrogen (secondary N) is 1. The van der Waals surface area contributed by atoms with Crippen LogP contribution in [0.3, 0.4) is 0 Å². The molecule has 148 valence electrons. The maximum absolute atomic E-state index is 12.6. The minimum atomic E-state index is -3.54. The molecule has 0 radical (unpaired) electrons. The first-order valence-electron chi connectivity index (χ1n) is 8.85. The highest BCUT2D eigenvalue weighted by molar-refractivity contribution is 7.89. The van der Waals surface area contributed by atoms with Gasteiger partial charge in [0.15, 0.2) is 0 Å². The molecule has 8 heteroatoms. The fourth-order valence-electron chi connectivity index (χ4n) is 2.75. The Balaban J connectivity index is 2.34. The van der Waals surface area contributed by atoms with Crippen molar-refractivity contribution in [1.82, 2.24) is 14.2 Å². The van der Waals surface area contributed by atoms with Gasteiger partial charge in [-0.05, 0) is 37.6 Å². The van der Waals surface area contributed by atoms with Crippen molar-refractivity contribution in [1.29, 1.82) is 0 Å². The van der Waals surface area contributed by atoms with Crippen LogP contribution >= 0.6 is 0 Å². The number of fused-ring (bicyclic) bond motifs is 1. The van der Waals surface area contributed by atoms with E-state index in [0.29, 0.717) is 37.4 Å². The number of carbonyl (C=O) groups is 1. The van der Waals surface area contributed by atoms with E-state index in [0.717, 1.165) is 11.9 Å². The van der Waals surface area contributed by atoms with Gasteiger partial charge in [-0.15, -0.1) is 6.58 Å². The van der Waals surface area contributed by atoms with Crippen molar-refractivity contribution in [3.8, 4) is 0 Å². The van der Waals surface area contributed by atoms with Crippen LogP contribution in [0, 0.1) is 0 Å². The third-order valence-electron chi connectivity index (χ3n) is 4.15. The van der Waals surface area contributed by atoms with Crippen molar-refractivity contribution in [2.24, 2.45) is 0 Å². The number of allylic oxidation sites excluding steroid dienone is 1. The molecule has 0 spiro atoms. The van der Waals surface area contributed by atoms with Crippen LogP contribution in [0.25, 0.3) is 10.9 Å². The zero-order valence-electron chi connectivity index (χ0n) is 16.1. The van der Waals surface area contributed by atoms with E-state index in [-0.39, 0.29) is 10.8 Å².